The Labute approximate surface area is 71.3 Å². The molecule has 0 heterocycles. The van der Waals surface area contributed by atoms with Crippen LogP contribution in [0.1, 0.15) is 6.42 Å². The Balaban J connectivity index is 1.89. The molecule has 0 aromatic heterocycles. The minimum absolute atomic E-state index is 0.0250. The van der Waals surface area contributed by atoms with Crippen molar-refractivity contribution in [3.8, 4) is 0 Å². The highest BCUT2D eigenvalue weighted by molar-refractivity contribution is 5.75. The number of carbonyl (C=O) groups is 1. The second kappa shape index (κ2) is 1.84. The summed E-state index contributed by atoms with van der Waals surface area (Å²) in [5, 5.41) is 0. The Hall–Kier alpha value is -0.570. The summed E-state index contributed by atoms with van der Waals surface area (Å²) in [5.41, 5.74) is 5.98. The summed E-state index contributed by atoms with van der Waals surface area (Å²) < 4.78 is 4.78. The van der Waals surface area contributed by atoms with Crippen molar-refractivity contribution in [1.82, 2.24) is 0 Å². The maximum Gasteiger partial charge on any atom is 0.309 e. The molecule has 4 bridgehead atoms. The SMILES string of the molecule is COC(=O)C1C2C3C[C@H]1C(N)C32. The lowest BCUT2D eigenvalue weighted by molar-refractivity contribution is -0.146. The van der Waals surface area contributed by atoms with Crippen LogP contribution in [0.15, 0.2) is 0 Å². The van der Waals surface area contributed by atoms with Gasteiger partial charge in [-0.1, -0.05) is 0 Å². The van der Waals surface area contributed by atoms with Crippen LogP contribution in [0.5, 0.6) is 0 Å². The summed E-state index contributed by atoms with van der Waals surface area (Å²) in [6, 6.07) is 0.295. The molecule has 6 atom stereocenters. The van der Waals surface area contributed by atoms with E-state index in [1.165, 1.54) is 13.5 Å². The maximum absolute atomic E-state index is 11.4. The third-order valence-electron chi connectivity index (χ3n) is 4.12. The first-order chi connectivity index (χ1) is 5.75. The quantitative estimate of drug-likeness (QED) is 0.559. The number of rotatable bonds is 1. The van der Waals surface area contributed by atoms with Crippen LogP contribution < -0.4 is 5.73 Å². The van der Waals surface area contributed by atoms with Gasteiger partial charge in [0.2, 0.25) is 0 Å². The maximum atomic E-state index is 11.4. The topological polar surface area (TPSA) is 52.3 Å². The number of ether oxygens (including phenoxy) is 1. The van der Waals surface area contributed by atoms with E-state index in [0.29, 0.717) is 23.8 Å². The number of hydrogen-bond donors (Lipinski definition) is 1. The molecule has 66 valence electrons. The van der Waals surface area contributed by atoms with Gasteiger partial charge in [-0.05, 0) is 30.1 Å². The highest BCUT2D eigenvalue weighted by Crippen LogP contribution is 2.72. The van der Waals surface area contributed by atoms with E-state index in [2.05, 4.69) is 0 Å². The number of hydrogen-bond acceptors (Lipinski definition) is 3. The zero-order chi connectivity index (χ0) is 8.46. The number of esters is 1. The second-order valence-corrected chi connectivity index (χ2v) is 4.34. The van der Waals surface area contributed by atoms with E-state index in [4.69, 9.17) is 10.5 Å². The normalized spacial score (nSPS) is 58.8. The van der Waals surface area contributed by atoms with Crippen LogP contribution in [0.2, 0.25) is 0 Å². The minimum Gasteiger partial charge on any atom is -0.469 e. The molecule has 0 spiro atoms. The van der Waals surface area contributed by atoms with E-state index in [1.54, 1.807) is 0 Å². The first-order valence-corrected chi connectivity index (χ1v) is 4.59. The van der Waals surface area contributed by atoms with E-state index >= 15 is 0 Å². The average Bonchev–Trinajstić information content (AvgIpc) is 2.42. The van der Waals surface area contributed by atoms with Gasteiger partial charge in [0.05, 0.1) is 13.0 Å². The summed E-state index contributed by atoms with van der Waals surface area (Å²) >= 11 is 0. The van der Waals surface area contributed by atoms with Crippen molar-refractivity contribution >= 4 is 5.97 Å². The van der Waals surface area contributed by atoms with Crippen molar-refractivity contribution in [2.24, 2.45) is 35.3 Å². The molecule has 0 aromatic rings. The van der Waals surface area contributed by atoms with Crippen molar-refractivity contribution in [2.45, 2.75) is 12.5 Å². The lowest BCUT2D eigenvalue weighted by atomic mass is 9.96. The molecule has 4 aliphatic rings. The fraction of sp³-hybridized carbons (Fsp3) is 0.889. The van der Waals surface area contributed by atoms with Crippen LogP contribution in [0.25, 0.3) is 0 Å². The Morgan fingerprint density at radius 3 is 2.50 bits per heavy atom. The van der Waals surface area contributed by atoms with Crippen molar-refractivity contribution in [2.75, 3.05) is 7.11 Å². The first kappa shape index (κ1) is 6.89. The van der Waals surface area contributed by atoms with E-state index < -0.39 is 0 Å². The van der Waals surface area contributed by atoms with Crippen LogP contribution in [-0.4, -0.2) is 19.1 Å². The number of nitrogens with two attached hydrogens (primary N) is 1. The van der Waals surface area contributed by atoms with Crippen LogP contribution in [0, 0.1) is 29.6 Å². The van der Waals surface area contributed by atoms with E-state index in [-0.39, 0.29) is 11.9 Å². The van der Waals surface area contributed by atoms with Gasteiger partial charge >= 0.3 is 5.97 Å². The van der Waals surface area contributed by atoms with Gasteiger partial charge in [0.25, 0.3) is 0 Å². The van der Waals surface area contributed by atoms with Gasteiger partial charge in [-0.2, -0.15) is 0 Å². The molecule has 3 heteroatoms. The van der Waals surface area contributed by atoms with Gasteiger partial charge in [0.1, 0.15) is 0 Å². The number of methoxy groups -OCH3 is 1. The first-order valence-electron chi connectivity index (χ1n) is 4.59. The Morgan fingerprint density at radius 2 is 2.17 bits per heavy atom. The minimum atomic E-state index is -0.0250. The van der Waals surface area contributed by atoms with Gasteiger partial charge in [-0.3, -0.25) is 4.79 Å². The van der Waals surface area contributed by atoms with Gasteiger partial charge in [-0.15, -0.1) is 0 Å². The zero-order valence-electron chi connectivity index (χ0n) is 7.07. The lowest BCUT2D eigenvalue weighted by Gasteiger charge is -2.14. The molecule has 0 amide bonds. The third kappa shape index (κ3) is 0.534. The molecule has 0 saturated heterocycles. The zero-order valence-corrected chi connectivity index (χ0v) is 7.07. The predicted molar refractivity (Wildman–Crippen MR) is 42.1 cm³/mol. The average molecular weight is 167 g/mol. The highest BCUT2D eigenvalue weighted by Gasteiger charge is 2.74. The monoisotopic (exact) mass is 167 g/mol. The van der Waals surface area contributed by atoms with E-state index in [9.17, 15) is 4.79 Å². The van der Waals surface area contributed by atoms with Crippen LogP contribution >= 0.6 is 0 Å². The number of carbonyl (C=O) groups excluding carboxylic acids is 1. The summed E-state index contributed by atoms with van der Waals surface area (Å²) in [5.74, 6) is 2.60. The fourth-order valence-corrected chi connectivity index (χ4v) is 3.69. The van der Waals surface area contributed by atoms with E-state index in [1.807, 2.05) is 0 Å². The molecule has 3 nitrogen and oxygen atoms in total. The van der Waals surface area contributed by atoms with Crippen molar-refractivity contribution in [1.29, 1.82) is 0 Å². The lowest BCUT2D eigenvalue weighted by Crippen LogP contribution is -2.29. The molecule has 4 saturated carbocycles. The van der Waals surface area contributed by atoms with Crippen LogP contribution in [0.3, 0.4) is 0 Å². The summed E-state index contributed by atoms with van der Waals surface area (Å²) in [4.78, 5) is 11.4. The summed E-state index contributed by atoms with van der Waals surface area (Å²) in [6.45, 7) is 0. The largest absolute Gasteiger partial charge is 0.469 e. The van der Waals surface area contributed by atoms with Crippen molar-refractivity contribution in [3.05, 3.63) is 0 Å². The van der Waals surface area contributed by atoms with Crippen molar-refractivity contribution < 1.29 is 9.53 Å². The van der Waals surface area contributed by atoms with Gasteiger partial charge < -0.3 is 10.5 Å². The molecule has 0 radical (unpaired) electrons. The summed E-state index contributed by atoms with van der Waals surface area (Å²) in [6.07, 6.45) is 1.18. The molecular formula is C9H13NO2. The molecule has 4 fully saturated rings. The van der Waals surface area contributed by atoms with Gasteiger partial charge in [0, 0.05) is 6.04 Å². The molecule has 0 aromatic carbocycles. The molecule has 5 unspecified atom stereocenters. The molecule has 2 N–H and O–H groups in total. The van der Waals surface area contributed by atoms with Gasteiger partial charge in [0.15, 0.2) is 0 Å². The van der Waals surface area contributed by atoms with E-state index in [0.717, 1.165) is 5.92 Å². The van der Waals surface area contributed by atoms with Crippen molar-refractivity contribution in [3.63, 3.8) is 0 Å². The second-order valence-electron chi connectivity index (χ2n) is 4.34. The molecule has 4 aliphatic carbocycles. The Kier molecular flexibility index (Phi) is 1.06. The molecule has 12 heavy (non-hydrogen) atoms. The predicted octanol–water partition coefficient (Wildman–Crippen LogP) is -0.00140. The molecule has 0 aliphatic heterocycles. The summed E-state index contributed by atoms with van der Waals surface area (Å²) in [7, 11) is 1.47. The Morgan fingerprint density at radius 1 is 1.42 bits per heavy atom. The molecule has 4 rings (SSSR count). The smallest absolute Gasteiger partial charge is 0.309 e. The molecular weight excluding hydrogens is 154 g/mol. The van der Waals surface area contributed by atoms with Crippen LogP contribution in [0.4, 0.5) is 0 Å². The third-order valence-corrected chi connectivity index (χ3v) is 4.12. The van der Waals surface area contributed by atoms with Crippen LogP contribution in [-0.2, 0) is 9.53 Å². The highest BCUT2D eigenvalue weighted by atomic mass is 16.5. The van der Waals surface area contributed by atoms with Gasteiger partial charge in [-0.25, -0.2) is 0 Å². The Bertz CT molecular complexity index is 253. The standard InChI is InChI=1S/C9H13NO2/c1-12-9(11)7-4-2-3-5(7)6(3)8(4)10/h3-8H,2,10H2,1H3/t3?,4-,5?,6?,7?,8?/m1/s1. The fourth-order valence-electron chi connectivity index (χ4n) is 3.69.